The van der Waals surface area contributed by atoms with E-state index in [9.17, 15) is 4.79 Å². The van der Waals surface area contributed by atoms with Crippen LogP contribution in [0.25, 0.3) is 17.1 Å². The van der Waals surface area contributed by atoms with Crippen LogP contribution in [0.5, 0.6) is 0 Å². The Morgan fingerprint density at radius 3 is 2.76 bits per heavy atom. The van der Waals surface area contributed by atoms with Gasteiger partial charge in [0.1, 0.15) is 0 Å². The lowest BCUT2D eigenvalue weighted by Crippen LogP contribution is -2.27. The van der Waals surface area contributed by atoms with E-state index in [0.29, 0.717) is 16.4 Å². The molecule has 1 amide bonds. The van der Waals surface area contributed by atoms with Gasteiger partial charge in [-0.25, -0.2) is 4.68 Å². The van der Waals surface area contributed by atoms with Crippen molar-refractivity contribution in [1.29, 1.82) is 0 Å². The lowest BCUT2D eigenvalue weighted by molar-refractivity contribution is 0.0743. The van der Waals surface area contributed by atoms with Crippen LogP contribution in [0.2, 0.25) is 5.02 Å². The van der Waals surface area contributed by atoms with Crippen molar-refractivity contribution in [3.8, 4) is 17.1 Å². The summed E-state index contributed by atoms with van der Waals surface area (Å²) in [6.07, 6.45) is 3.80. The second-order valence-electron chi connectivity index (χ2n) is 5.95. The van der Waals surface area contributed by atoms with E-state index in [4.69, 9.17) is 16.1 Å². The number of amides is 1. The van der Waals surface area contributed by atoms with Crippen molar-refractivity contribution >= 4 is 17.5 Å². The number of aryl methyl sites for hydroxylation is 1. The SMILES string of the molecule is Cc1nn(-c2ccccc2Cl)cc1-c1noc(C(=O)N2CCCC2)n1. The van der Waals surface area contributed by atoms with Crippen molar-refractivity contribution in [2.75, 3.05) is 13.1 Å². The molecular formula is C17H16ClN5O2. The van der Waals surface area contributed by atoms with Crippen LogP contribution in [-0.2, 0) is 0 Å². The minimum absolute atomic E-state index is 0.0155. The van der Waals surface area contributed by atoms with Gasteiger partial charge in [0, 0.05) is 19.3 Å². The fourth-order valence-electron chi connectivity index (χ4n) is 2.92. The lowest BCUT2D eigenvalue weighted by Gasteiger charge is -2.10. The number of hydrogen-bond acceptors (Lipinski definition) is 5. The zero-order chi connectivity index (χ0) is 17.4. The summed E-state index contributed by atoms with van der Waals surface area (Å²) in [4.78, 5) is 18.3. The molecule has 0 unspecified atom stereocenters. The molecule has 1 saturated heterocycles. The molecule has 1 aromatic carbocycles. The molecule has 1 fully saturated rings. The summed E-state index contributed by atoms with van der Waals surface area (Å²) in [5.41, 5.74) is 2.18. The first kappa shape index (κ1) is 15.8. The van der Waals surface area contributed by atoms with Crippen molar-refractivity contribution in [2.45, 2.75) is 19.8 Å². The minimum atomic E-state index is -0.215. The zero-order valence-electron chi connectivity index (χ0n) is 13.6. The fourth-order valence-corrected chi connectivity index (χ4v) is 3.14. The molecule has 0 atom stereocenters. The molecule has 0 bridgehead atoms. The Morgan fingerprint density at radius 2 is 2.00 bits per heavy atom. The van der Waals surface area contributed by atoms with E-state index < -0.39 is 0 Å². The van der Waals surface area contributed by atoms with Gasteiger partial charge in [0.2, 0.25) is 5.82 Å². The Hall–Kier alpha value is -2.67. The number of nitrogens with zero attached hydrogens (tertiary/aromatic N) is 5. The molecule has 2 aromatic heterocycles. The second kappa shape index (κ2) is 6.33. The molecule has 0 aliphatic carbocycles. The molecule has 1 aliphatic rings. The molecule has 7 nitrogen and oxygen atoms in total. The van der Waals surface area contributed by atoms with E-state index in [1.165, 1.54) is 0 Å². The molecule has 8 heteroatoms. The van der Waals surface area contributed by atoms with Crippen LogP contribution in [0.1, 0.15) is 29.2 Å². The Kier molecular flexibility index (Phi) is 4.01. The number of hydrogen-bond donors (Lipinski definition) is 0. The fraction of sp³-hybridized carbons (Fsp3) is 0.294. The Balaban J connectivity index is 1.65. The van der Waals surface area contributed by atoms with Crippen molar-refractivity contribution in [3.05, 3.63) is 47.1 Å². The first-order valence-electron chi connectivity index (χ1n) is 8.08. The summed E-state index contributed by atoms with van der Waals surface area (Å²) in [6, 6.07) is 7.42. The maximum Gasteiger partial charge on any atom is 0.316 e. The molecule has 0 saturated carbocycles. The highest BCUT2D eigenvalue weighted by atomic mass is 35.5. The maximum atomic E-state index is 12.3. The average Bonchev–Trinajstić information content (AvgIpc) is 3.35. The number of aromatic nitrogens is 4. The molecule has 25 heavy (non-hydrogen) atoms. The zero-order valence-corrected chi connectivity index (χ0v) is 14.4. The monoisotopic (exact) mass is 357 g/mol. The van der Waals surface area contributed by atoms with Gasteiger partial charge in [-0.05, 0) is 31.9 Å². The van der Waals surface area contributed by atoms with E-state index in [1.807, 2.05) is 25.1 Å². The van der Waals surface area contributed by atoms with Gasteiger partial charge >= 0.3 is 11.8 Å². The van der Waals surface area contributed by atoms with E-state index in [0.717, 1.165) is 37.3 Å². The van der Waals surface area contributed by atoms with Crippen LogP contribution >= 0.6 is 11.6 Å². The molecule has 4 rings (SSSR count). The molecule has 1 aliphatic heterocycles. The highest BCUT2D eigenvalue weighted by molar-refractivity contribution is 6.32. The summed E-state index contributed by atoms with van der Waals surface area (Å²) < 4.78 is 6.84. The van der Waals surface area contributed by atoms with Gasteiger partial charge in [-0.1, -0.05) is 28.9 Å². The third kappa shape index (κ3) is 2.91. The number of benzene rings is 1. The maximum absolute atomic E-state index is 12.3. The van der Waals surface area contributed by atoms with E-state index in [-0.39, 0.29) is 11.8 Å². The van der Waals surface area contributed by atoms with Gasteiger partial charge < -0.3 is 9.42 Å². The molecule has 0 N–H and O–H groups in total. The summed E-state index contributed by atoms with van der Waals surface area (Å²) in [5, 5.41) is 9.01. The topological polar surface area (TPSA) is 77.0 Å². The number of carbonyl (C=O) groups is 1. The largest absolute Gasteiger partial charge is 0.334 e. The van der Waals surface area contributed by atoms with Crippen molar-refractivity contribution in [2.24, 2.45) is 0 Å². The summed E-state index contributed by atoms with van der Waals surface area (Å²) in [5.74, 6) is 0.146. The van der Waals surface area contributed by atoms with Crippen LogP contribution in [-0.4, -0.2) is 43.8 Å². The standard InChI is InChI=1S/C17H16ClN5O2/c1-11-12(10-23(20-11)14-7-3-2-6-13(14)18)15-19-16(25-21-15)17(24)22-8-4-5-9-22/h2-3,6-7,10H,4-5,8-9H2,1H3. The molecule has 3 aromatic rings. The van der Waals surface area contributed by atoms with Crippen LogP contribution in [0.3, 0.4) is 0 Å². The number of likely N-dealkylation sites (tertiary alicyclic amines) is 1. The smallest absolute Gasteiger partial charge is 0.316 e. The van der Waals surface area contributed by atoms with Gasteiger partial charge in [-0.15, -0.1) is 0 Å². The van der Waals surface area contributed by atoms with Gasteiger partial charge in [0.15, 0.2) is 0 Å². The number of rotatable bonds is 3. The van der Waals surface area contributed by atoms with Gasteiger partial charge in [0.05, 0.1) is 22.0 Å². The van der Waals surface area contributed by atoms with E-state index in [2.05, 4.69) is 15.2 Å². The van der Waals surface area contributed by atoms with Gasteiger partial charge in [-0.3, -0.25) is 4.79 Å². The Morgan fingerprint density at radius 1 is 1.24 bits per heavy atom. The van der Waals surface area contributed by atoms with Crippen LogP contribution in [0, 0.1) is 6.92 Å². The first-order chi connectivity index (χ1) is 12.1. The van der Waals surface area contributed by atoms with Crippen LogP contribution in [0.15, 0.2) is 35.0 Å². The van der Waals surface area contributed by atoms with E-state index >= 15 is 0 Å². The van der Waals surface area contributed by atoms with Crippen molar-refractivity contribution in [3.63, 3.8) is 0 Å². The van der Waals surface area contributed by atoms with Crippen LogP contribution in [0.4, 0.5) is 0 Å². The Labute approximate surface area is 149 Å². The second-order valence-corrected chi connectivity index (χ2v) is 6.35. The normalized spacial score (nSPS) is 14.2. The molecule has 3 heterocycles. The molecule has 0 radical (unpaired) electrons. The van der Waals surface area contributed by atoms with E-state index in [1.54, 1.807) is 21.8 Å². The van der Waals surface area contributed by atoms with Gasteiger partial charge in [-0.2, -0.15) is 10.1 Å². The third-order valence-corrected chi connectivity index (χ3v) is 4.56. The highest BCUT2D eigenvalue weighted by Gasteiger charge is 2.25. The quantitative estimate of drug-likeness (QED) is 0.719. The summed E-state index contributed by atoms with van der Waals surface area (Å²) >= 11 is 6.22. The molecule has 0 spiro atoms. The molecule has 128 valence electrons. The van der Waals surface area contributed by atoms with Crippen LogP contribution < -0.4 is 0 Å². The number of carbonyl (C=O) groups excluding carboxylic acids is 1. The lowest BCUT2D eigenvalue weighted by atomic mass is 10.2. The van der Waals surface area contributed by atoms with Crippen molar-refractivity contribution in [1.82, 2.24) is 24.8 Å². The molecular weight excluding hydrogens is 342 g/mol. The van der Waals surface area contributed by atoms with Crippen molar-refractivity contribution < 1.29 is 9.32 Å². The highest BCUT2D eigenvalue weighted by Crippen LogP contribution is 2.25. The predicted molar refractivity (Wildman–Crippen MR) is 91.7 cm³/mol. The summed E-state index contributed by atoms with van der Waals surface area (Å²) in [7, 11) is 0. The van der Waals surface area contributed by atoms with Gasteiger partial charge in [0.25, 0.3) is 0 Å². The minimum Gasteiger partial charge on any atom is -0.334 e. The number of para-hydroxylation sites is 1. The third-order valence-electron chi connectivity index (χ3n) is 4.24. The summed E-state index contributed by atoms with van der Waals surface area (Å²) in [6.45, 7) is 3.32. The first-order valence-corrected chi connectivity index (χ1v) is 8.46. The predicted octanol–water partition coefficient (Wildman–Crippen LogP) is 3.12. The average molecular weight is 358 g/mol. The number of halogens is 1. The Bertz CT molecular complexity index is 927.